The third-order valence-electron chi connectivity index (χ3n) is 2.19. The number of hydrogen-bond acceptors (Lipinski definition) is 2. The molecule has 0 saturated heterocycles. The fourth-order valence-electron chi connectivity index (χ4n) is 1.45. The van der Waals surface area contributed by atoms with Gasteiger partial charge < -0.3 is 10.1 Å². The molecule has 3 nitrogen and oxygen atoms in total. The summed E-state index contributed by atoms with van der Waals surface area (Å²) in [5.74, 6) is 0.592. The SMILES string of the molecule is CCOC(=O)NC[C@H]1CC=CCC1. The van der Waals surface area contributed by atoms with Gasteiger partial charge in [-0.3, -0.25) is 0 Å². The van der Waals surface area contributed by atoms with Crippen molar-refractivity contribution in [1.29, 1.82) is 0 Å². The zero-order valence-corrected chi connectivity index (χ0v) is 8.08. The summed E-state index contributed by atoms with van der Waals surface area (Å²) in [6.45, 7) is 2.99. The second-order valence-electron chi connectivity index (χ2n) is 3.25. The summed E-state index contributed by atoms with van der Waals surface area (Å²) in [5, 5.41) is 2.76. The van der Waals surface area contributed by atoms with Crippen LogP contribution in [0.1, 0.15) is 26.2 Å². The molecule has 1 aliphatic carbocycles. The van der Waals surface area contributed by atoms with E-state index in [9.17, 15) is 4.79 Å². The number of allylic oxidation sites excluding steroid dienone is 2. The molecule has 1 rings (SSSR count). The normalized spacial score (nSPS) is 21.2. The third-order valence-corrected chi connectivity index (χ3v) is 2.19. The van der Waals surface area contributed by atoms with Crippen LogP contribution >= 0.6 is 0 Å². The molecule has 1 atom stereocenters. The lowest BCUT2D eigenvalue weighted by Crippen LogP contribution is -2.30. The van der Waals surface area contributed by atoms with Gasteiger partial charge >= 0.3 is 6.09 Å². The Morgan fingerprint density at radius 3 is 3.08 bits per heavy atom. The van der Waals surface area contributed by atoms with Crippen LogP contribution in [0.5, 0.6) is 0 Å². The zero-order valence-electron chi connectivity index (χ0n) is 8.08. The van der Waals surface area contributed by atoms with Gasteiger partial charge in [0.2, 0.25) is 0 Å². The molecule has 1 aliphatic rings. The number of carbonyl (C=O) groups is 1. The van der Waals surface area contributed by atoms with E-state index in [1.54, 1.807) is 0 Å². The van der Waals surface area contributed by atoms with Crippen LogP contribution in [0.3, 0.4) is 0 Å². The number of ether oxygens (including phenoxy) is 1. The van der Waals surface area contributed by atoms with Gasteiger partial charge in [0, 0.05) is 6.54 Å². The van der Waals surface area contributed by atoms with E-state index < -0.39 is 0 Å². The van der Waals surface area contributed by atoms with Crippen molar-refractivity contribution in [3.05, 3.63) is 12.2 Å². The predicted molar refractivity (Wildman–Crippen MR) is 51.5 cm³/mol. The number of hydrogen-bond donors (Lipinski definition) is 1. The largest absolute Gasteiger partial charge is 0.450 e. The van der Waals surface area contributed by atoms with Crippen molar-refractivity contribution in [2.75, 3.05) is 13.2 Å². The van der Waals surface area contributed by atoms with Crippen molar-refractivity contribution in [3.8, 4) is 0 Å². The predicted octanol–water partition coefficient (Wildman–Crippen LogP) is 2.09. The highest BCUT2D eigenvalue weighted by atomic mass is 16.5. The van der Waals surface area contributed by atoms with Crippen LogP contribution < -0.4 is 5.32 Å². The highest BCUT2D eigenvalue weighted by Gasteiger charge is 2.10. The highest BCUT2D eigenvalue weighted by Crippen LogP contribution is 2.16. The third kappa shape index (κ3) is 3.97. The van der Waals surface area contributed by atoms with Crippen LogP contribution in [0, 0.1) is 5.92 Å². The Morgan fingerprint density at radius 2 is 2.46 bits per heavy atom. The molecule has 0 aliphatic heterocycles. The molecule has 0 bridgehead atoms. The summed E-state index contributed by atoms with van der Waals surface area (Å²) < 4.78 is 4.76. The summed E-state index contributed by atoms with van der Waals surface area (Å²) in [6.07, 6.45) is 7.46. The highest BCUT2D eigenvalue weighted by molar-refractivity contribution is 5.66. The number of nitrogens with one attached hydrogen (secondary N) is 1. The van der Waals surface area contributed by atoms with Crippen LogP contribution in [0.4, 0.5) is 4.79 Å². The maximum Gasteiger partial charge on any atom is 0.407 e. The Balaban J connectivity index is 2.11. The van der Waals surface area contributed by atoms with Crippen molar-refractivity contribution in [2.24, 2.45) is 5.92 Å². The molecule has 0 saturated carbocycles. The van der Waals surface area contributed by atoms with Crippen LogP contribution in [0.25, 0.3) is 0 Å². The molecular formula is C10H17NO2. The standard InChI is InChI=1S/C10H17NO2/c1-2-13-10(12)11-8-9-6-4-3-5-7-9/h3-4,9H,2,5-8H2,1H3,(H,11,12)/t9-/m0/s1. The molecule has 13 heavy (non-hydrogen) atoms. The average molecular weight is 183 g/mol. The number of rotatable bonds is 3. The van der Waals surface area contributed by atoms with E-state index in [-0.39, 0.29) is 6.09 Å². The van der Waals surface area contributed by atoms with Gasteiger partial charge in [0.1, 0.15) is 0 Å². The maximum atomic E-state index is 10.9. The minimum absolute atomic E-state index is 0.294. The average Bonchev–Trinajstić information content (AvgIpc) is 2.17. The van der Waals surface area contributed by atoms with Gasteiger partial charge in [0.15, 0.2) is 0 Å². The van der Waals surface area contributed by atoms with E-state index in [4.69, 9.17) is 4.74 Å². The van der Waals surface area contributed by atoms with E-state index in [1.165, 1.54) is 6.42 Å². The zero-order chi connectivity index (χ0) is 9.52. The molecule has 0 aromatic rings. The minimum Gasteiger partial charge on any atom is -0.450 e. The van der Waals surface area contributed by atoms with Gasteiger partial charge in [0.25, 0.3) is 0 Å². The fourth-order valence-corrected chi connectivity index (χ4v) is 1.45. The Bertz CT molecular complexity index is 189. The first-order valence-corrected chi connectivity index (χ1v) is 4.88. The molecule has 0 aromatic heterocycles. The summed E-state index contributed by atoms with van der Waals surface area (Å²) in [6, 6.07) is 0. The molecule has 74 valence electrons. The first-order chi connectivity index (χ1) is 6.33. The van der Waals surface area contributed by atoms with Crippen LogP contribution in [-0.2, 0) is 4.74 Å². The van der Waals surface area contributed by atoms with Crippen molar-refractivity contribution in [3.63, 3.8) is 0 Å². The van der Waals surface area contributed by atoms with Crippen LogP contribution in [-0.4, -0.2) is 19.2 Å². The van der Waals surface area contributed by atoms with E-state index >= 15 is 0 Å². The second kappa shape index (κ2) is 5.62. The van der Waals surface area contributed by atoms with Crippen molar-refractivity contribution < 1.29 is 9.53 Å². The second-order valence-corrected chi connectivity index (χ2v) is 3.25. The molecule has 1 N–H and O–H groups in total. The van der Waals surface area contributed by atoms with Gasteiger partial charge in [-0.05, 0) is 32.1 Å². The van der Waals surface area contributed by atoms with E-state index in [0.29, 0.717) is 12.5 Å². The molecule has 3 heteroatoms. The molecule has 0 aromatic carbocycles. The molecule has 0 fully saturated rings. The van der Waals surface area contributed by atoms with Crippen LogP contribution in [0.15, 0.2) is 12.2 Å². The van der Waals surface area contributed by atoms with Crippen LogP contribution in [0.2, 0.25) is 0 Å². The smallest absolute Gasteiger partial charge is 0.407 e. The summed E-state index contributed by atoms with van der Waals surface area (Å²) in [7, 11) is 0. The minimum atomic E-state index is -0.294. The molecule has 0 unspecified atom stereocenters. The molecule has 1 amide bonds. The Morgan fingerprint density at radius 1 is 1.62 bits per heavy atom. The first-order valence-electron chi connectivity index (χ1n) is 4.88. The van der Waals surface area contributed by atoms with Gasteiger partial charge in [0.05, 0.1) is 6.61 Å². The lowest BCUT2D eigenvalue weighted by Gasteiger charge is -2.17. The van der Waals surface area contributed by atoms with E-state index in [1.807, 2.05) is 6.92 Å². The summed E-state index contributed by atoms with van der Waals surface area (Å²) in [5.41, 5.74) is 0. The quantitative estimate of drug-likeness (QED) is 0.680. The van der Waals surface area contributed by atoms with Gasteiger partial charge in [-0.1, -0.05) is 12.2 Å². The van der Waals surface area contributed by atoms with Gasteiger partial charge in [-0.15, -0.1) is 0 Å². The Kier molecular flexibility index (Phi) is 4.36. The van der Waals surface area contributed by atoms with Crippen molar-refractivity contribution in [1.82, 2.24) is 5.32 Å². The Hall–Kier alpha value is -0.990. The molecular weight excluding hydrogens is 166 g/mol. The van der Waals surface area contributed by atoms with Gasteiger partial charge in [-0.25, -0.2) is 4.79 Å². The maximum absolute atomic E-state index is 10.9. The topological polar surface area (TPSA) is 38.3 Å². The molecule has 0 radical (unpaired) electrons. The molecule has 0 spiro atoms. The number of alkyl carbamates (subject to hydrolysis) is 1. The van der Waals surface area contributed by atoms with Gasteiger partial charge in [-0.2, -0.15) is 0 Å². The summed E-state index contributed by atoms with van der Waals surface area (Å²) >= 11 is 0. The monoisotopic (exact) mass is 183 g/mol. The number of amides is 1. The lowest BCUT2D eigenvalue weighted by molar-refractivity contribution is 0.150. The van der Waals surface area contributed by atoms with Crippen molar-refractivity contribution in [2.45, 2.75) is 26.2 Å². The summed E-state index contributed by atoms with van der Waals surface area (Å²) in [4.78, 5) is 10.9. The fraction of sp³-hybridized carbons (Fsp3) is 0.700. The Labute approximate surface area is 79.2 Å². The van der Waals surface area contributed by atoms with E-state index in [2.05, 4.69) is 17.5 Å². The first kappa shape index (κ1) is 10.1. The molecule has 0 heterocycles. The lowest BCUT2D eigenvalue weighted by atomic mass is 9.95. The number of carbonyl (C=O) groups excluding carboxylic acids is 1. The van der Waals surface area contributed by atoms with E-state index in [0.717, 1.165) is 19.4 Å². The van der Waals surface area contributed by atoms with Crippen molar-refractivity contribution >= 4 is 6.09 Å².